The van der Waals surface area contributed by atoms with Gasteiger partial charge in [-0.3, -0.25) is 4.79 Å². The van der Waals surface area contributed by atoms with Gasteiger partial charge in [-0.15, -0.1) is 0 Å². The topological polar surface area (TPSA) is 116 Å². The second-order valence-corrected chi connectivity index (χ2v) is 5.57. The zero-order chi connectivity index (χ0) is 18.5. The monoisotopic (exact) mass is 364 g/mol. The lowest BCUT2D eigenvalue weighted by atomic mass is 10.0. The number of halogens is 4. The highest BCUT2D eigenvalue weighted by Gasteiger charge is 2.44. The molecule has 7 nitrogen and oxygen atoms in total. The lowest BCUT2D eigenvalue weighted by Crippen LogP contribution is -2.33. The number of aliphatic hydroxyl groups is 3. The standard InChI is InChI=1S/C14H12F4N2O5/c15-6-2-4-1-5(10-9(23)8(22)7(3-21)25-10)13(24)20-12(4)19-11(6)14(16,17)18/h1-2,7-10,21-23H,3H2,(H,19,20,24). The van der Waals surface area contributed by atoms with Crippen molar-refractivity contribution in [2.75, 3.05) is 6.61 Å². The van der Waals surface area contributed by atoms with Crippen LogP contribution in [0, 0.1) is 5.82 Å². The molecule has 1 aliphatic rings. The quantitative estimate of drug-likeness (QED) is 0.568. The number of nitrogens with zero attached hydrogens (tertiary/aromatic N) is 1. The molecule has 4 atom stereocenters. The maximum atomic E-state index is 13.7. The van der Waals surface area contributed by atoms with E-state index in [9.17, 15) is 32.6 Å². The van der Waals surface area contributed by atoms with Crippen LogP contribution < -0.4 is 5.56 Å². The van der Waals surface area contributed by atoms with Crippen molar-refractivity contribution in [1.29, 1.82) is 0 Å². The predicted octanol–water partition coefficient (Wildman–Crippen LogP) is 0.235. The molecule has 0 aliphatic carbocycles. The van der Waals surface area contributed by atoms with Gasteiger partial charge in [0.25, 0.3) is 5.56 Å². The van der Waals surface area contributed by atoms with Gasteiger partial charge < -0.3 is 25.0 Å². The fraction of sp³-hybridized carbons (Fsp3) is 0.429. The third-order valence-electron chi connectivity index (χ3n) is 3.93. The van der Waals surface area contributed by atoms with E-state index in [0.717, 1.165) is 6.07 Å². The highest BCUT2D eigenvalue weighted by molar-refractivity contribution is 5.75. The summed E-state index contributed by atoms with van der Waals surface area (Å²) in [7, 11) is 0. The number of aliphatic hydroxyl groups excluding tert-OH is 3. The lowest BCUT2D eigenvalue weighted by molar-refractivity contribution is -0.143. The van der Waals surface area contributed by atoms with Gasteiger partial charge in [0.2, 0.25) is 0 Å². The highest BCUT2D eigenvalue weighted by Crippen LogP contribution is 2.34. The van der Waals surface area contributed by atoms with Gasteiger partial charge in [0, 0.05) is 10.9 Å². The molecule has 0 aromatic carbocycles. The van der Waals surface area contributed by atoms with E-state index in [2.05, 4.69) is 9.97 Å². The minimum atomic E-state index is -5.03. The maximum Gasteiger partial charge on any atom is 0.436 e. The van der Waals surface area contributed by atoms with E-state index in [0.29, 0.717) is 6.07 Å². The summed E-state index contributed by atoms with van der Waals surface area (Å²) < 4.78 is 56.9. The second kappa shape index (κ2) is 6.02. The van der Waals surface area contributed by atoms with Gasteiger partial charge in [0.15, 0.2) is 11.5 Å². The summed E-state index contributed by atoms with van der Waals surface area (Å²) in [4.78, 5) is 17.3. The summed E-state index contributed by atoms with van der Waals surface area (Å²) >= 11 is 0. The molecule has 25 heavy (non-hydrogen) atoms. The van der Waals surface area contributed by atoms with E-state index >= 15 is 0 Å². The van der Waals surface area contributed by atoms with Crippen LogP contribution in [-0.2, 0) is 10.9 Å². The number of ether oxygens (including phenoxy) is 1. The molecule has 1 aliphatic heterocycles. The molecule has 0 amide bonds. The number of hydrogen-bond acceptors (Lipinski definition) is 6. The largest absolute Gasteiger partial charge is 0.436 e. The minimum Gasteiger partial charge on any atom is -0.394 e. The van der Waals surface area contributed by atoms with Crippen LogP contribution in [0.2, 0.25) is 0 Å². The lowest BCUT2D eigenvalue weighted by Gasteiger charge is -2.15. The fourth-order valence-electron chi connectivity index (χ4n) is 2.69. The number of pyridine rings is 2. The van der Waals surface area contributed by atoms with Gasteiger partial charge in [-0.25, -0.2) is 9.37 Å². The van der Waals surface area contributed by atoms with E-state index in [1.165, 1.54) is 0 Å². The van der Waals surface area contributed by atoms with Gasteiger partial charge in [-0.05, 0) is 12.1 Å². The molecule has 1 saturated heterocycles. The second-order valence-electron chi connectivity index (χ2n) is 5.57. The summed E-state index contributed by atoms with van der Waals surface area (Å²) in [6, 6.07) is 1.57. The van der Waals surface area contributed by atoms with Crippen molar-refractivity contribution in [2.45, 2.75) is 30.6 Å². The van der Waals surface area contributed by atoms with Crippen LogP contribution in [0.15, 0.2) is 16.9 Å². The summed E-state index contributed by atoms with van der Waals surface area (Å²) in [5.74, 6) is -1.63. The molecule has 4 N–H and O–H groups in total. The number of fused-ring (bicyclic) bond motifs is 1. The van der Waals surface area contributed by atoms with Crippen molar-refractivity contribution in [3.8, 4) is 0 Å². The van der Waals surface area contributed by atoms with Gasteiger partial charge in [0.05, 0.1) is 6.61 Å². The van der Waals surface area contributed by atoms with E-state index < -0.39 is 59.9 Å². The third-order valence-corrected chi connectivity index (χ3v) is 3.93. The molecule has 3 heterocycles. The van der Waals surface area contributed by atoms with Crippen LogP contribution in [0.5, 0.6) is 0 Å². The molecule has 4 unspecified atom stereocenters. The highest BCUT2D eigenvalue weighted by atomic mass is 19.4. The SMILES string of the molecule is O=c1[nH]c2nc(C(F)(F)F)c(F)cc2cc1C1OC(CO)C(O)C1O. The Kier molecular flexibility index (Phi) is 4.27. The van der Waals surface area contributed by atoms with Gasteiger partial charge >= 0.3 is 6.18 Å². The van der Waals surface area contributed by atoms with Crippen molar-refractivity contribution < 1.29 is 37.6 Å². The molecule has 2 aromatic heterocycles. The number of hydrogen-bond donors (Lipinski definition) is 4. The molecule has 136 valence electrons. The van der Waals surface area contributed by atoms with Crippen molar-refractivity contribution in [1.82, 2.24) is 9.97 Å². The molecule has 2 aromatic rings. The Morgan fingerprint density at radius 3 is 2.48 bits per heavy atom. The molecule has 0 saturated carbocycles. The summed E-state index contributed by atoms with van der Waals surface area (Å²) in [5, 5.41) is 28.6. The first-order chi connectivity index (χ1) is 11.6. The molecule has 0 spiro atoms. The van der Waals surface area contributed by atoms with E-state index in [4.69, 9.17) is 9.84 Å². The number of rotatable bonds is 2. The Balaban J connectivity index is 2.10. The molecule has 1 fully saturated rings. The van der Waals surface area contributed by atoms with Crippen molar-refractivity contribution in [2.24, 2.45) is 0 Å². The van der Waals surface area contributed by atoms with E-state index in [-0.39, 0.29) is 10.9 Å². The molecular formula is C14H12F4N2O5. The molecule has 3 rings (SSSR count). The Bertz CT molecular complexity index is 869. The smallest absolute Gasteiger partial charge is 0.394 e. The number of nitrogens with one attached hydrogen (secondary N) is 1. The Labute approximate surface area is 136 Å². The first-order valence-corrected chi connectivity index (χ1v) is 7.06. The van der Waals surface area contributed by atoms with Crippen LogP contribution >= 0.6 is 0 Å². The van der Waals surface area contributed by atoms with E-state index in [1.54, 1.807) is 0 Å². The maximum absolute atomic E-state index is 13.7. The number of aromatic nitrogens is 2. The fourth-order valence-corrected chi connectivity index (χ4v) is 2.69. The number of H-pyrrole nitrogens is 1. The van der Waals surface area contributed by atoms with Crippen molar-refractivity contribution in [3.05, 3.63) is 39.6 Å². The Morgan fingerprint density at radius 1 is 1.24 bits per heavy atom. The van der Waals surface area contributed by atoms with Gasteiger partial charge in [-0.1, -0.05) is 0 Å². The van der Waals surface area contributed by atoms with Crippen molar-refractivity contribution in [3.63, 3.8) is 0 Å². The van der Waals surface area contributed by atoms with Crippen LogP contribution in [0.25, 0.3) is 11.0 Å². The molecular weight excluding hydrogens is 352 g/mol. The van der Waals surface area contributed by atoms with Crippen LogP contribution in [0.1, 0.15) is 17.4 Å². The van der Waals surface area contributed by atoms with Crippen LogP contribution in [-0.4, -0.2) is 50.2 Å². The Hall–Kier alpha value is -2.08. The third kappa shape index (κ3) is 2.99. The molecule has 0 radical (unpaired) electrons. The van der Waals surface area contributed by atoms with E-state index in [1.807, 2.05) is 0 Å². The minimum absolute atomic E-state index is 0.155. The zero-order valence-electron chi connectivity index (χ0n) is 12.3. The summed E-state index contributed by atoms with van der Waals surface area (Å²) in [6.07, 6.45) is -10.5. The number of alkyl halides is 3. The normalized spacial score (nSPS) is 27.2. The molecule has 11 heteroatoms. The predicted molar refractivity (Wildman–Crippen MR) is 74.0 cm³/mol. The first kappa shape index (κ1) is 17.7. The van der Waals surface area contributed by atoms with Gasteiger partial charge in [-0.2, -0.15) is 13.2 Å². The average molecular weight is 364 g/mol. The first-order valence-electron chi connectivity index (χ1n) is 7.06. The number of aromatic amines is 1. The van der Waals surface area contributed by atoms with Crippen molar-refractivity contribution >= 4 is 11.0 Å². The Morgan fingerprint density at radius 2 is 1.92 bits per heavy atom. The average Bonchev–Trinajstić information content (AvgIpc) is 2.81. The van der Waals surface area contributed by atoms with Crippen LogP contribution in [0.3, 0.4) is 0 Å². The molecule has 0 bridgehead atoms. The zero-order valence-corrected chi connectivity index (χ0v) is 12.3. The van der Waals surface area contributed by atoms with Gasteiger partial charge in [0.1, 0.15) is 30.1 Å². The summed E-state index contributed by atoms with van der Waals surface area (Å²) in [5.41, 5.74) is -3.42. The van der Waals surface area contributed by atoms with Crippen LogP contribution in [0.4, 0.5) is 17.6 Å². The summed E-state index contributed by atoms with van der Waals surface area (Å²) in [6.45, 7) is -0.620.